The molecule has 7 heteroatoms. The summed E-state index contributed by atoms with van der Waals surface area (Å²) in [5, 5.41) is 8.77. The molecule has 0 fully saturated rings. The lowest BCUT2D eigenvalue weighted by atomic mass is 10.1. The van der Waals surface area contributed by atoms with E-state index in [1.807, 2.05) is 0 Å². The maximum absolute atomic E-state index is 12.5. The second-order valence-corrected chi connectivity index (χ2v) is 4.68. The van der Waals surface area contributed by atoms with Crippen LogP contribution in [0.3, 0.4) is 0 Å². The van der Waals surface area contributed by atoms with Gasteiger partial charge in [0.15, 0.2) is 0 Å². The Bertz CT molecular complexity index is 532. The maximum atomic E-state index is 12.5. The minimum absolute atomic E-state index is 0.182. The molecule has 2 atom stereocenters. The van der Waals surface area contributed by atoms with Gasteiger partial charge in [0.2, 0.25) is 5.91 Å². The molecule has 1 amide bonds. The van der Waals surface area contributed by atoms with E-state index in [0.717, 1.165) is 0 Å². The highest BCUT2D eigenvalue weighted by Crippen LogP contribution is 2.19. The number of carbonyl (C=O) groups excluding carboxylic acids is 2. The number of carboxylic acids is 1. The number of benzene rings is 1. The van der Waals surface area contributed by atoms with E-state index in [0.29, 0.717) is 5.69 Å². The number of para-hydroxylation sites is 1. The van der Waals surface area contributed by atoms with Gasteiger partial charge in [-0.15, -0.1) is 0 Å². The SMILES string of the molecule is CCOC(=O)[C@H](C)N(C(=O)[C@@H](N)CC(=O)O)c1ccccc1. The lowest BCUT2D eigenvalue weighted by molar-refractivity contribution is -0.145. The van der Waals surface area contributed by atoms with Crippen molar-refractivity contribution in [3.05, 3.63) is 30.3 Å². The molecule has 0 saturated carbocycles. The highest BCUT2D eigenvalue weighted by Gasteiger charge is 2.32. The van der Waals surface area contributed by atoms with Gasteiger partial charge in [-0.05, 0) is 26.0 Å². The number of esters is 1. The summed E-state index contributed by atoms with van der Waals surface area (Å²) in [6, 6.07) is 6.30. The van der Waals surface area contributed by atoms with Crippen LogP contribution in [0, 0.1) is 0 Å². The minimum atomic E-state index is -1.24. The Morgan fingerprint density at radius 2 is 1.86 bits per heavy atom. The molecule has 7 nitrogen and oxygen atoms in total. The largest absolute Gasteiger partial charge is 0.481 e. The monoisotopic (exact) mass is 308 g/mol. The zero-order valence-corrected chi connectivity index (χ0v) is 12.6. The fourth-order valence-electron chi connectivity index (χ4n) is 1.95. The first kappa shape index (κ1) is 17.6. The summed E-state index contributed by atoms with van der Waals surface area (Å²) in [7, 11) is 0. The van der Waals surface area contributed by atoms with E-state index in [2.05, 4.69) is 0 Å². The first-order valence-corrected chi connectivity index (χ1v) is 6.90. The van der Waals surface area contributed by atoms with E-state index in [1.54, 1.807) is 37.3 Å². The molecule has 0 saturated heterocycles. The van der Waals surface area contributed by atoms with Gasteiger partial charge in [-0.1, -0.05) is 18.2 Å². The third-order valence-electron chi connectivity index (χ3n) is 3.00. The van der Waals surface area contributed by atoms with Crippen LogP contribution in [0.1, 0.15) is 20.3 Å². The topological polar surface area (TPSA) is 110 Å². The van der Waals surface area contributed by atoms with E-state index in [1.165, 1.54) is 11.8 Å². The van der Waals surface area contributed by atoms with Crippen molar-refractivity contribution in [2.45, 2.75) is 32.4 Å². The van der Waals surface area contributed by atoms with Gasteiger partial charge < -0.3 is 15.6 Å². The van der Waals surface area contributed by atoms with Crippen LogP contribution < -0.4 is 10.6 Å². The average Bonchev–Trinajstić information content (AvgIpc) is 2.47. The Morgan fingerprint density at radius 1 is 1.27 bits per heavy atom. The Kier molecular flexibility index (Phi) is 6.52. The molecule has 0 heterocycles. The van der Waals surface area contributed by atoms with Crippen molar-refractivity contribution >= 4 is 23.5 Å². The molecule has 0 aliphatic carbocycles. The fraction of sp³-hybridized carbons (Fsp3) is 0.400. The second-order valence-electron chi connectivity index (χ2n) is 4.68. The summed E-state index contributed by atoms with van der Waals surface area (Å²) in [6.07, 6.45) is -0.516. The molecule has 1 aromatic rings. The van der Waals surface area contributed by atoms with Crippen molar-refractivity contribution < 1.29 is 24.2 Å². The number of carbonyl (C=O) groups is 3. The molecule has 1 rings (SSSR count). The molecular weight excluding hydrogens is 288 g/mol. The minimum Gasteiger partial charge on any atom is -0.481 e. The first-order valence-electron chi connectivity index (χ1n) is 6.90. The Hall–Kier alpha value is -2.41. The van der Waals surface area contributed by atoms with Gasteiger partial charge >= 0.3 is 11.9 Å². The van der Waals surface area contributed by atoms with Gasteiger partial charge in [0.05, 0.1) is 19.1 Å². The van der Waals surface area contributed by atoms with Crippen LogP contribution >= 0.6 is 0 Å². The van der Waals surface area contributed by atoms with Crippen LogP contribution in [-0.4, -0.2) is 41.6 Å². The molecule has 0 aliphatic heterocycles. The van der Waals surface area contributed by atoms with Gasteiger partial charge in [0, 0.05) is 5.69 Å². The van der Waals surface area contributed by atoms with Crippen LogP contribution in [0.15, 0.2) is 30.3 Å². The van der Waals surface area contributed by atoms with Crippen molar-refractivity contribution in [3.8, 4) is 0 Å². The van der Waals surface area contributed by atoms with Crippen molar-refractivity contribution in [2.24, 2.45) is 5.73 Å². The second kappa shape index (κ2) is 8.14. The summed E-state index contributed by atoms with van der Waals surface area (Å²) < 4.78 is 4.93. The molecule has 0 radical (unpaired) electrons. The van der Waals surface area contributed by atoms with E-state index in [4.69, 9.17) is 15.6 Å². The fourth-order valence-corrected chi connectivity index (χ4v) is 1.95. The van der Waals surface area contributed by atoms with Crippen LogP contribution in [-0.2, 0) is 19.1 Å². The van der Waals surface area contributed by atoms with E-state index in [9.17, 15) is 14.4 Å². The third kappa shape index (κ3) is 4.56. The molecule has 22 heavy (non-hydrogen) atoms. The highest BCUT2D eigenvalue weighted by molar-refractivity contribution is 6.03. The molecule has 0 spiro atoms. The number of hydrogen-bond donors (Lipinski definition) is 2. The van der Waals surface area contributed by atoms with Gasteiger partial charge in [-0.3, -0.25) is 14.5 Å². The molecule has 0 aromatic heterocycles. The summed E-state index contributed by atoms with van der Waals surface area (Å²) in [6.45, 7) is 3.35. The number of ether oxygens (including phenoxy) is 1. The number of nitrogens with zero attached hydrogens (tertiary/aromatic N) is 1. The van der Waals surface area contributed by atoms with Gasteiger partial charge in [0.25, 0.3) is 0 Å². The lowest BCUT2D eigenvalue weighted by Crippen LogP contribution is -2.51. The van der Waals surface area contributed by atoms with Crippen molar-refractivity contribution in [2.75, 3.05) is 11.5 Å². The zero-order valence-electron chi connectivity index (χ0n) is 12.6. The van der Waals surface area contributed by atoms with Crippen LogP contribution in [0.4, 0.5) is 5.69 Å². The van der Waals surface area contributed by atoms with E-state index < -0.39 is 36.4 Å². The standard InChI is InChI=1S/C15H20N2O5/c1-3-22-15(21)10(2)17(11-7-5-4-6-8-11)14(20)12(16)9-13(18)19/h4-8,10,12H,3,9,16H2,1-2H3,(H,18,19)/t10-,12-/m0/s1. The summed E-state index contributed by atoms with van der Waals surface area (Å²) in [4.78, 5) is 36.3. The molecule has 0 bridgehead atoms. The average molecular weight is 308 g/mol. The molecular formula is C15H20N2O5. The molecule has 0 unspecified atom stereocenters. The summed E-state index contributed by atoms with van der Waals surface area (Å²) in [5.41, 5.74) is 6.10. The van der Waals surface area contributed by atoms with Gasteiger partial charge in [0.1, 0.15) is 6.04 Å². The normalized spacial score (nSPS) is 13.0. The van der Waals surface area contributed by atoms with E-state index >= 15 is 0 Å². The summed E-state index contributed by atoms with van der Waals surface area (Å²) in [5.74, 6) is -2.41. The Morgan fingerprint density at radius 3 is 2.36 bits per heavy atom. The van der Waals surface area contributed by atoms with Crippen LogP contribution in [0.2, 0.25) is 0 Å². The number of nitrogens with two attached hydrogens (primary N) is 1. The number of anilines is 1. The van der Waals surface area contributed by atoms with Crippen LogP contribution in [0.5, 0.6) is 0 Å². The zero-order chi connectivity index (χ0) is 16.7. The smallest absolute Gasteiger partial charge is 0.328 e. The first-order chi connectivity index (χ1) is 10.4. The van der Waals surface area contributed by atoms with Crippen LogP contribution in [0.25, 0.3) is 0 Å². The maximum Gasteiger partial charge on any atom is 0.328 e. The van der Waals surface area contributed by atoms with Gasteiger partial charge in [-0.2, -0.15) is 0 Å². The number of rotatable bonds is 7. The number of carboxylic acid groups (broad SMARTS) is 1. The molecule has 1 aromatic carbocycles. The number of aliphatic carboxylic acids is 1. The number of hydrogen-bond acceptors (Lipinski definition) is 5. The Labute approximate surface area is 128 Å². The number of amides is 1. The van der Waals surface area contributed by atoms with Crippen molar-refractivity contribution in [1.82, 2.24) is 0 Å². The van der Waals surface area contributed by atoms with E-state index in [-0.39, 0.29) is 6.61 Å². The molecule has 0 aliphatic rings. The quantitative estimate of drug-likeness (QED) is 0.720. The third-order valence-corrected chi connectivity index (χ3v) is 3.00. The Balaban J connectivity index is 3.09. The predicted octanol–water partition coefficient (Wildman–Crippen LogP) is 0.773. The van der Waals surface area contributed by atoms with Crippen molar-refractivity contribution in [3.63, 3.8) is 0 Å². The lowest BCUT2D eigenvalue weighted by Gasteiger charge is -2.29. The highest BCUT2D eigenvalue weighted by atomic mass is 16.5. The van der Waals surface area contributed by atoms with Gasteiger partial charge in [-0.25, -0.2) is 4.79 Å². The molecule has 3 N–H and O–H groups in total. The molecule has 120 valence electrons. The predicted molar refractivity (Wildman–Crippen MR) is 80.3 cm³/mol. The summed E-state index contributed by atoms with van der Waals surface area (Å²) >= 11 is 0. The van der Waals surface area contributed by atoms with Crippen molar-refractivity contribution in [1.29, 1.82) is 0 Å².